The van der Waals surface area contributed by atoms with Crippen LogP contribution in [0, 0.1) is 0 Å². The zero-order chi connectivity index (χ0) is 33.9. The lowest BCUT2D eigenvalue weighted by atomic mass is 9.90. The summed E-state index contributed by atoms with van der Waals surface area (Å²) in [6, 6.07) is 57.2. The lowest BCUT2D eigenvalue weighted by Gasteiger charge is -2.32. The second-order valence-electron chi connectivity index (χ2n) is 12.2. The number of rotatable bonds is 5. The smallest absolute Gasteiger partial charge is 0.229 e. The number of hydrogen-bond acceptors (Lipinski definition) is 2. The molecule has 1 aromatic heterocycles. The molecular formula is C45H35N5. The molecule has 0 N–H and O–H groups in total. The first-order valence-electron chi connectivity index (χ1n) is 16.7. The Morgan fingerprint density at radius 3 is 1.86 bits per heavy atom. The van der Waals surface area contributed by atoms with Crippen LogP contribution < -0.4 is 4.90 Å². The van der Waals surface area contributed by atoms with Crippen molar-refractivity contribution in [3.63, 3.8) is 0 Å². The molecule has 50 heavy (non-hydrogen) atoms. The summed E-state index contributed by atoms with van der Waals surface area (Å²) in [5, 5.41) is 4.83. The van der Waals surface area contributed by atoms with Crippen LogP contribution in [0.5, 0.6) is 0 Å². The number of nitrogens with zero attached hydrogens (tertiary/aromatic N) is 5. The second-order valence-corrected chi connectivity index (χ2v) is 12.2. The highest BCUT2D eigenvalue weighted by molar-refractivity contribution is 6.23. The molecule has 0 fully saturated rings. The van der Waals surface area contributed by atoms with Gasteiger partial charge >= 0.3 is 0 Å². The van der Waals surface area contributed by atoms with Crippen molar-refractivity contribution in [3.8, 4) is 16.8 Å². The summed E-state index contributed by atoms with van der Waals surface area (Å²) in [7, 11) is 0. The Hall–Kier alpha value is -6.59. The lowest BCUT2D eigenvalue weighted by molar-refractivity contribution is 1.05. The average Bonchev–Trinajstić information content (AvgIpc) is 3.50. The Morgan fingerprint density at radius 1 is 0.520 bits per heavy atom. The molecule has 2 heterocycles. The van der Waals surface area contributed by atoms with Crippen LogP contribution in [0.1, 0.15) is 11.1 Å². The quantitative estimate of drug-likeness (QED) is 0.136. The van der Waals surface area contributed by atoms with E-state index in [1.54, 1.807) is 0 Å². The monoisotopic (exact) mass is 645 g/mol. The van der Waals surface area contributed by atoms with Gasteiger partial charge in [-0.2, -0.15) is 0 Å². The molecule has 0 atom stereocenters. The number of hydrogen-bond donors (Lipinski definition) is 0. The topological polar surface area (TPSA) is 45.2 Å². The number of anilines is 2. The number of aliphatic imine (C=N–C) groups is 3. The highest BCUT2D eigenvalue weighted by Gasteiger charge is 2.29. The third-order valence-electron chi connectivity index (χ3n) is 9.18. The van der Waals surface area contributed by atoms with Gasteiger partial charge in [-0.1, -0.05) is 127 Å². The standard InChI is InChI=1S/C37H26N4.C8H9N/c1-38-37(39-24-25-12-4-2-5-13-25)41-33-21-11-15-26-14-10-19-29(36(26)33)31-22-30-28-18-8-9-20-32(28)40(34(30)23-35(31)41)27-16-6-3-7-17-27;1-9-7-8-5-3-2-4-6-8/h2-23H,1,24H2;2-6H,1,7H2. The number of aromatic nitrogens is 1. The molecule has 5 nitrogen and oxygen atoms in total. The molecule has 1 aliphatic rings. The molecule has 8 aromatic rings. The zero-order valence-electron chi connectivity index (χ0n) is 27.7. The molecule has 0 saturated heterocycles. The van der Waals surface area contributed by atoms with Crippen LogP contribution in [0.3, 0.4) is 0 Å². The van der Waals surface area contributed by atoms with E-state index in [9.17, 15) is 0 Å². The molecule has 9 rings (SSSR count). The van der Waals surface area contributed by atoms with E-state index in [1.165, 1.54) is 38.2 Å². The molecule has 1 aliphatic heterocycles. The molecule has 240 valence electrons. The maximum Gasteiger partial charge on any atom is 0.229 e. The fourth-order valence-electron chi connectivity index (χ4n) is 6.99. The molecule has 5 heteroatoms. The van der Waals surface area contributed by atoms with Crippen molar-refractivity contribution in [1.82, 2.24) is 4.57 Å². The number of para-hydroxylation sites is 2. The van der Waals surface area contributed by atoms with Gasteiger partial charge in [0.2, 0.25) is 5.96 Å². The summed E-state index contributed by atoms with van der Waals surface area (Å²) in [6.07, 6.45) is 0. The van der Waals surface area contributed by atoms with E-state index < -0.39 is 0 Å². The van der Waals surface area contributed by atoms with Gasteiger partial charge in [-0.3, -0.25) is 9.89 Å². The van der Waals surface area contributed by atoms with E-state index in [2.05, 4.69) is 148 Å². The van der Waals surface area contributed by atoms with Gasteiger partial charge in [0.05, 0.1) is 35.5 Å². The van der Waals surface area contributed by atoms with Crippen LogP contribution in [-0.2, 0) is 13.1 Å². The van der Waals surface area contributed by atoms with Gasteiger partial charge in [0.1, 0.15) is 0 Å². The summed E-state index contributed by atoms with van der Waals surface area (Å²) in [4.78, 5) is 15.5. The Bertz CT molecular complexity index is 2510. The highest BCUT2D eigenvalue weighted by Crippen LogP contribution is 2.50. The Balaban J connectivity index is 0.000000352. The number of benzene rings is 7. The predicted molar refractivity (Wildman–Crippen MR) is 213 cm³/mol. The summed E-state index contributed by atoms with van der Waals surface area (Å²) in [5.74, 6) is 0.582. The van der Waals surface area contributed by atoms with Crippen molar-refractivity contribution in [3.05, 3.63) is 175 Å². The Morgan fingerprint density at radius 2 is 1.16 bits per heavy atom. The van der Waals surface area contributed by atoms with Crippen LogP contribution in [0.4, 0.5) is 11.4 Å². The van der Waals surface area contributed by atoms with Gasteiger partial charge in [-0.15, -0.1) is 0 Å². The van der Waals surface area contributed by atoms with Crippen LogP contribution in [0.15, 0.2) is 179 Å². The molecule has 0 spiro atoms. The Labute approximate surface area is 291 Å². The second kappa shape index (κ2) is 13.5. The van der Waals surface area contributed by atoms with E-state index in [0.717, 1.165) is 40.3 Å². The summed E-state index contributed by atoms with van der Waals surface area (Å²) in [6.45, 7) is 8.62. The van der Waals surface area contributed by atoms with Gasteiger partial charge in [0, 0.05) is 27.4 Å². The van der Waals surface area contributed by atoms with E-state index in [-0.39, 0.29) is 0 Å². The van der Waals surface area contributed by atoms with E-state index in [1.807, 2.05) is 48.5 Å². The highest BCUT2D eigenvalue weighted by atomic mass is 15.3. The van der Waals surface area contributed by atoms with Crippen molar-refractivity contribution < 1.29 is 0 Å². The van der Waals surface area contributed by atoms with E-state index in [4.69, 9.17) is 4.99 Å². The minimum Gasteiger partial charge on any atom is -0.309 e. The molecule has 7 aromatic carbocycles. The van der Waals surface area contributed by atoms with Crippen molar-refractivity contribution in [2.75, 3.05) is 4.90 Å². The van der Waals surface area contributed by atoms with Gasteiger partial charge in [-0.05, 0) is 71.9 Å². The predicted octanol–water partition coefficient (Wildman–Crippen LogP) is 11.2. The van der Waals surface area contributed by atoms with Gasteiger partial charge in [-0.25, -0.2) is 9.98 Å². The van der Waals surface area contributed by atoms with Crippen molar-refractivity contribution in [1.29, 1.82) is 0 Å². The van der Waals surface area contributed by atoms with Crippen molar-refractivity contribution in [2.24, 2.45) is 15.0 Å². The number of guanidine groups is 1. The average molecular weight is 646 g/mol. The molecule has 0 unspecified atom stereocenters. The first-order valence-corrected chi connectivity index (χ1v) is 16.7. The fourth-order valence-corrected chi connectivity index (χ4v) is 6.99. The molecule has 0 bridgehead atoms. The summed E-state index contributed by atoms with van der Waals surface area (Å²) < 4.78 is 2.35. The third-order valence-corrected chi connectivity index (χ3v) is 9.18. The van der Waals surface area contributed by atoms with Gasteiger partial charge < -0.3 is 4.57 Å². The Kier molecular flexibility index (Phi) is 8.29. The SMILES string of the molecule is C=NC(=NCc1ccccc1)N1c2cc3c(cc2-c2cccc4cccc1c24)c1ccccc1n3-c1ccccc1.C=NCc1ccccc1. The molecule has 0 amide bonds. The maximum absolute atomic E-state index is 5.00. The van der Waals surface area contributed by atoms with Crippen LogP contribution >= 0.6 is 0 Å². The van der Waals surface area contributed by atoms with Crippen LogP contribution in [0.25, 0.3) is 49.4 Å². The third kappa shape index (κ3) is 5.55. The fraction of sp³-hybridized carbons (Fsp3) is 0.0444. The molecule has 0 aliphatic carbocycles. The van der Waals surface area contributed by atoms with Gasteiger partial charge in [0.15, 0.2) is 0 Å². The maximum atomic E-state index is 5.00. The lowest BCUT2D eigenvalue weighted by Crippen LogP contribution is -2.27. The number of fused-ring (bicyclic) bond motifs is 5. The van der Waals surface area contributed by atoms with Gasteiger partial charge in [0.25, 0.3) is 0 Å². The van der Waals surface area contributed by atoms with Crippen molar-refractivity contribution in [2.45, 2.75) is 13.1 Å². The minimum atomic E-state index is 0.519. The molecule has 0 radical (unpaired) electrons. The van der Waals surface area contributed by atoms with Crippen molar-refractivity contribution >= 4 is 63.3 Å². The first kappa shape index (κ1) is 30.7. The summed E-state index contributed by atoms with van der Waals surface area (Å²) >= 11 is 0. The summed E-state index contributed by atoms with van der Waals surface area (Å²) in [5.41, 5.74) is 10.3. The first-order chi connectivity index (χ1) is 24.7. The normalized spacial score (nSPS) is 12.0. The van der Waals surface area contributed by atoms with E-state index >= 15 is 0 Å². The largest absolute Gasteiger partial charge is 0.309 e. The molecular weight excluding hydrogens is 611 g/mol. The minimum absolute atomic E-state index is 0.519. The van der Waals surface area contributed by atoms with Crippen LogP contribution in [-0.4, -0.2) is 24.0 Å². The van der Waals surface area contributed by atoms with E-state index in [0.29, 0.717) is 12.5 Å². The molecule has 0 saturated carbocycles. The van der Waals surface area contributed by atoms with Crippen LogP contribution in [0.2, 0.25) is 0 Å². The zero-order valence-corrected chi connectivity index (χ0v) is 27.7.